The molecule has 0 aliphatic heterocycles. The number of hydrogen-bond donors (Lipinski definition) is 1. The molecule has 1 rings (SSSR count). The first-order chi connectivity index (χ1) is 7.73. The highest BCUT2D eigenvalue weighted by atomic mass is 16.3. The van der Waals surface area contributed by atoms with Gasteiger partial charge in [0.25, 0.3) is 0 Å². The highest BCUT2D eigenvalue weighted by molar-refractivity contribution is 5.19. The Morgan fingerprint density at radius 3 is 2.50 bits per heavy atom. The van der Waals surface area contributed by atoms with Gasteiger partial charge in [-0.1, -0.05) is 63.8 Å². The lowest BCUT2D eigenvalue weighted by atomic mass is 9.77. The van der Waals surface area contributed by atoms with Crippen LogP contribution in [-0.4, -0.2) is 10.7 Å². The van der Waals surface area contributed by atoms with Gasteiger partial charge in [-0.3, -0.25) is 0 Å². The van der Waals surface area contributed by atoms with Crippen LogP contribution in [0.1, 0.15) is 58.8 Å². The average Bonchev–Trinajstić information content (AvgIpc) is 2.29. The fourth-order valence-electron chi connectivity index (χ4n) is 2.56. The van der Waals surface area contributed by atoms with E-state index in [4.69, 9.17) is 0 Å². The summed E-state index contributed by atoms with van der Waals surface area (Å²) < 4.78 is 0. The van der Waals surface area contributed by atoms with E-state index in [2.05, 4.69) is 19.9 Å². The van der Waals surface area contributed by atoms with Crippen LogP contribution < -0.4 is 0 Å². The molecule has 1 aliphatic rings. The van der Waals surface area contributed by atoms with Gasteiger partial charge in [0.2, 0.25) is 0 Å². The molecule has 0 aromatic rings. The topological polar surface area (TPSA) is 20.2 Å². The SMILES string of the molecule is CCCCCC(CCC)C1(O)C=CC=CC1. The number of unbranched alkanes of at least 4 members (excludes halogenated alkanes) is 2. The van der Waals surface area contributed by atoms with Gasteiger partial charge >= 0.3 is 0 Å². The van der Waals surface area contributed by atoms with Crippen molar-refractivity contribution in [2.75, 3.05) is 0 Å². The second-order valence-corrected chi connectivity index (χ2v) is 4.96. The van der Waals surface area contributed by atoms with Crippen molar-refractivity contribution in [1.29, 1.82) is 0 Å². The Balaban J connectivity index is 2.53. The maximum atomic E-state index is 10.6. The number of aliphatic hydroxyl groups is 1. The fraction of sp³-hybridized carbons (Fsp3) is 0.733. The molecule has 0 saturated heterocycles. The monoisotopic (exact) mass is 222 g/mol. The van der Waals surface area contributed by atoms with Gasteiger partial charge in [0.15, 0.2) is 0 Å². The minimum atomic E-state index is -0.571. The molecule has 0 spiro atoms. The molecule has 0 aromatic carbocycles. The molecule has 1 heteroatoms. The van der Waals surface area contributed by atoms with Gasteiger partial charge < -0.3 is 5.11 Å². The lowest BCUT2D eigenvalue weighted by Gasteiger charge is -2.34. The Hall–Kier alpha value is -0.560. The van der Waals surface area contributed by atoms with E-state index < -0.39 is 5.60 Å². The summed E-state index contributed by atoms with van der Waals surface area (Å²) in [6.07, 6.45) is 16.2. The van der Waals surface area contributed by atoms with Gasteiger partial charge in [-0.2, -0.15) is 0 Å². The van der Waals surface area contributed by atoms with Crippen molar-refractivity contribution >= 4 is 0 Å². The Morgan fingerprint density at radius 2 is 1.94 bits per heavy atom. The standard InChI is InChI=1S/C15H26O/c1-3-5-7-11-14(10-4-2)15(16)12-8-6-9-13-15/h6,8-9,12,14,16H,3-5,7,10-11,13H2,1-2H3. The zero-order valence-corrected chi connectivity index (χ0v) is 10.8. The van der Waals surface area contributed by atoms with Crippen molar-refractivity contribution in [1.82, 2.24) is 0 Å². The van der Waals surface area contributed by atoms with Crippen LogP contribution in [0.15, 0.2) is 24.3 Å². The molecule has 1 aliphatic carbocycles. The van der Waals surface area contributed by atoms with E-state index >= 15 is 0 Å². The van der Waals surface area contributed by atoms with Crippen LogP contribution in [0.4, 0.5) is 0 Å². The van der Waals surface area contributed by atoms with Gasteiger partial charge in [0.05, 0.1) is 5.60 Å². The first-order valence-corrected chi connectivity index (χ1v) is 6.79. The molecule has 0 bridgehead atoms. The lowest BCUT2D eigenvalue weighted by molar-refractivity contribution is 0.0199. The molecule has 92 valence electrons. The molecule has 2 atom stereocenters. The fourth-order valence-corrected chi connectivity index (χ4v) is 2.56. The van der Waals surface area contributed by atoms with Crippen LogP contribution in [0.5, 0.6) is 0 Å². The lowest BCUT2D eigenvalue weighted by Crippen LogP contribution is -2.36. The summed E-state index contributed by atoms with van der Waals surface area (Å²) in [5.74, 6) is 0.435. The third kappa shape index (κ3) is 3.79. The van der Waals surface area contributed by atoms with E-state index in [1.807, 2.05) is 18.2 Å². The van der Waals surface area contributed by atoms with E-state index in [0.717, 1.165) is 25.7 Å². The molecule has 0 saturated carbocycles. The molecule has 16 heavy (non-hydrogen) atoms. The van der Waals surface area contributed by atoms with Crippen LogP contribution in [-0.2, 0) is 0 Å². The first kappa shape index (κ1) is 13.5. The van der Waals surface area contributed by atoms with Crippen LogP contribution in [0, 0.1) is 5.92 Å². The Kier molecular flexibility index (Phi) is 5.83. The Labute approximate surface area is 100 Å². The Morgan fingerprint density at radius 1 is 1.12 bits per heavy atom. The minimum absolute atomic E-state index is 0.435. The molecular formula is C15H26O. The van der Waals surface area contributed by atoms with E-state index in [0.29, 0.717) is 5.92 Å². The summed E-state index contributed by atoms with van der Waals surface area (Å²) >= 11 is 0. The smallest absolute Gasteiger partial charge is 0.0893 e. The number of hydrogen-bond acceptors (Lipinski definition) is 1. The predicted octanol–water partition coefficient (Wildman–Crippen LogP) is 4.23. The van der Waals surface area contributed by atoms with E-state index in [-0.39, 0.29) is 0 Å². The quantitative estimate of drug-likeness (QED) is 0.639. The normalized spacial score (nSPS) is 25.9. The molecule has 1 N–H and O–H groups in total. The first-order valence-electron chi connectivity index (χ1n) is 6.79. The summed E-state index contributed by atoms with van der Waals surface area (Å²) in [4.78, 5) is 0. The molecule has 2 unspecified atom stereocenters. The van der Waals surface area contributed by atoms with Crippen LogP contribution >= 0.6 is 0 Å². The van der Waals surface area contributed by atoms with E-state index in [1.54, 1.807) is 0 Å². The summed E-state index contributed by atoms with van der Waals surface area (Å²) in [6, 6.07) is 0. The van der Waals surface area contributed by atoms with E-state index in [9.17, 15) is 5.11 Å². The highest BCUT2D eigenvalue weighted by Gasteiger charge is 2.32. The van der Waals surface area contributed by atoms with Crippen molar-refractivity contribution in [3.05, 3.63) is 24.3 Å². The summed E-state index contributed by atoms with van der Waals surface area (Å²) in [5, 5.41) is 10.6. The van der Waals surface area contributed by atoms with Crippen molar-refractivity contribution in [3.8, 4) is 0 Å². The summed E-state index contributed by atoms with van der Waals surface area (Å²) in [5.41, 5.74) is -0.571. The van der Waals surface area contributed by atoms with Crippen molar-refractivity contribution < 1.29 is 5.11 Å². The maximum absolute atomic E-state index is 10.6. The molecule has 0 fully saturated rings. The second-order valence-electron chi connectivity index (χ2n) is 4.96. The van der Waals surface area contributed by atoms with E-state index in [1.165, 1.54) is 19.3 Å². The van der Waals surface area contributed by atoms with Crippen molar-refractivity contribution in [3.63, 3.8) is 0 Å². The van der Waals surface area contributed by atoms with Gasteiger partial charge in [0, 0.05) is 0 Å². The molecule has 0 heterocycles. The van der Waals surface area contributed by atoms with Crippen LogP contribution in [0.25, 0.3) is 0 Å². The number of rotatable bonds is 7. The minimum Gasteiger partial charge on any atom is -0.385 e. The van der Waals surface area contributed by atoms with Gasteiger partial charge in [-0.25, -0.2) is 0 Å². The van der Waals surface area contributed by atoms with Crippen molar-refractivity contribution in [2.24, 2.45) is 5.92 Å². The molecule has 0 aromatic heterocycles. The summed E-state index contributed by atoms with van der Waals surface area (Å²) in [7, 11) is 0. The maximum Gasteiger partial charge on any atom is 0.0893 e. The molecule has 0 radical (unpaired) electrons. The highest BCUT2D eigenvalue weighted by Crippen LogP contribution is 2.33. The van der Waals surface area contributed by atoms with Gasteiger partial charge in [-0.15, -0.1) is 0 Å². The zero-order valence-electron chi connectivity index (χ0n) is 10.8. The molecule has 1 nitrogen and oxygen atoms in total. The largest absolute Gasteiger partial charge is 0.385 e. The predicted molar refractivity (Wildman–Crippen MR) is 70.4 cm³/mol. The molecular weight excluding hydrogens is 196 g/mol. The molecule has 0 amide bonds. The Bertz CT molecular complexity index is 242. The average molecular weight is 222 g/mol. The number of allylic oxidation sites excluding steroid dienone is 2. The second kappa shape index (κ2) is 6.90. The third-order valence-corrected chi connectivity index (χ3v) is 3.58. The van der Waals surface area contributed by atoms with Crippen LogP contribution in [0.2, 0.25) is 0 Å². The summed E-state index contributed by atoms with van der Waals surface area (Å²) in [6.45, 7) is 4.44. The van der Waals surface area contributed by atoms with Gasteiger partial charge in [-0.05, 0) is 25.2 Å². The van der Waals surface area contributed by atoms with Crippen LogP contribution in [0.3, 0.4) is 0 Å². The third-order valence-electron chi connectivity index (χ3n) is 3.58. The van der Waals surface area contributed by atoms with Gasteiger partial charge in [0.1, 0.15) is 0 Å². The van der Waals surface area contributed by atoms with Crippen molar-refractivity contribution in [2.45, 2.75) is 64.4 Å². The zero-order chi connectivity index (χ0) is 11.9.